The molecule has 0 fully saturated rings. The molecule has 1 aromatic carbocycles. The Hall–Kier alpha value is -1.46. The minimum absolute atomic E-state index is 0.0675. The lowest BCUT2D eigenvalue weighted by atomic mass is 9.86. The number of phenols is 1. The molecule has 0 bridgehead atoms. The number of hydrogen-bond acceptors (Lipinski definition) is 2. The molecule has 0 heterocycles. The lowest BCUT2D eigenvalue weighted by Crippen LogP contribution is -2.10. The molecule has 0 atom stereocenters. The zero-order valence-corrected chi connectivity index (χ0v) is 10.2. The van der Waals surface area contributed by atoms with Gasteiger partial charge in [0, 0.05) is 13.0 Å². The van der Waals surface area contributed by atoms with Gasteiger partial charge in [0.2, 0.25) is 0 Å². The first-order valence-corrected chi connectivity index (χ1v) is 5.47. The summed E-state index contributed by atoms with van der Waals surface area (Å²) in [6.07, 6.45) is 0.652. The summed E-state index contributed by atoms with van der Waals surface area (Å²) < 4.78 is 0. The molecule has 0 aliphatic rings. The highest BCUT2D eigenvalue weighted by atomic mass is 16.3. The average molecular weight is 217 g/mol. The van der Waals surface area contributed by atoms with Crippen LogP contribution in [0, 0.1) is 11.8 Å². The topological polar surface area (TPSA) is 46.2 Å². The molecule has 1 rings (SSSR count). The van der Waals surface area contributed by atoms with E-state index in [4.69, 9.17) is 5.73 Å². The van der Waals surface area contributed by atoms with E-state index < -0.39 is 0 Å². The SMILES string of the molecule is CC(C)(C)c1ccc(O)c(C#CCCN)c1. The molecular formula is C14H19NO. The first kappa shape index (κ1) is 12.6. The third kappa shape index (κ3) is 3.29. The summed E-state index contributed by atoms with van der Waals surface area (Å²) in [5.74, 6) is 6.12. The minimum Gasteiger partial charge on any atom is -0.507 e. The fraction of sp³-hybridized carbons (Fsp3) is 0.429. The lowest BCUT2D eigenvalue weighted by molar-refractivity contribution is 0.472. The number of aromatic hydroxyl groups is 1. The van der Waals surface area contributed by atoms with Crippen LogP contribution in [0.2, 0.25) is 0 Å². The Kier molecular flexibility index (Phi) is 3.98. The Morgan fingerprint density at radius 3 is 2.56 bits per heavy atom. The van der Waals surface area contributed by atoms with E-state index in [2.05, 4.69) is 32.6 Å². The molecule has 0 spiro atoms. The molecule has 0 saturated carbocycles. The van der Waals surface area contributed by atoms with E-state index in [-0.39, 0.29) is 11.2 Å². The summed E-state index contributed by atoms with van der Waals surface area (Å²) >= 11 is 0. The van der Waals surface area contributed by atoms with E-state index in [0.29, 0.717) is 18.5 Å². The lowest BCUT2D eigenvalue weighted by Gasteiger charge is -2.19. The van der Waals surface area contributed by atoms with Gasteiger partial charge in [0.25, 0.3) is 0 Å². The maximum absolute atomic E-state index is 9.67. The van der Waals surface area contributed by atoms with Gasteiger partial charge in [-0.2, -0.15) is 0 Å². The second kappa shape index (κ2) is 5.05. The first-order valence-electron chi connectivity index (χ1n) is 5.47. The predicted molar refractivity (Wildman–Crippen MR) is 67.4 cm³/mol. The summed E-state index contributed by atoms with van der Waals surface area (Å²) in [5, 5.41) is 9.67. The van der Waals surface area contributed by atoms with Gasteiger partial charge in [-0.05, 0) is 23.1 Å². The van der Waals surface area contributed by atoms with Crippen molar-refractivity contribution in [2.24, 2.45) is 5.73 Å². The standard InChI is InChI=1S/C14H19NO/c1-14(2,3)12-7-8-13(16)11(10-12)6-4-5-9-15/h7-8,10,16H,5,9,15H2,1-3H3. The molecule has 0 amide bonds. The van der Waals surface area contributed by atoms with Gasteiger partial charge in [-0.25, -0.2) is 0 Å². The molecule has 1 aromatic rings. The Balaban J connectivity index is 3.06. The zero-order chi connectivity index (χ0) is 12.2. The van der Waals surface area contributed by atoms with Crippen LogP contribution in [0.4, 0.5) is 0 Å². The Labute approximate surface area is 97.5 Å². The maximum atomic E-state index is 9.67. The molecule has 86 valence electrons. The Morgan fingerprint density at radius 1 is 1.31 bits per heavy atom. The fourth-order valence-corrected chi connectivity index (χ4v) is 1.33. The van der Waals surface area contributed by atoms with E-state index in [9.17, 15) is 5.11 Å². The molecule has 16 heavy (non-hydrogen) atoms. The summed E-state index contributed by atoms with van der Waals surface area (Å²) in [7, 11) is 0. The largest absolute Gasteiger partial charge is 0.507 e. The third-order valence-electron chi connectivity index (χ3n) is 2.35. The molecule has 2 nitrogen and oxygen atoms in total. The van der Waals surface area contributed by atoms with Gasteiger partial charge in [0.1, 0.15) is 5.75 Å². The predicted octanol–water partition coefficient (Wildman–Crippen LogP) is 2.39. The van der Waals surface area contributed by atoms with E-state index in [1.54, 1.807) is 6.07 Å². The van der Waals surface area contributed by atoms with Crippen LogP contribution >= 0.6 is 0 Å². The van der Waals surface area contributed by atoms with Crippen molar-refractivity contribution in [3.8, 4) is 17.6 Å². The van der Waals surface area contributed by atoms with Crippen molar-refractivity contribution < 1.29 is 5.11 Å². The summed E-state index contributed by atoms with van der Waals surface area (Å²) in [6, 6.07) is 5.58. The zero-order valence-electron chi connectivity index (χ0n) is 10.2. The summed E-state index contributed by atoms with van der Waals surface area (Å²) in [5.41, 5.74) is 7.28. The molecule has 0 saturated heterocycles. The van der Waals surface area contributed by atoms with Crippen molar-refractivity contribution in [3.05, 3.63) is 29.3 Å². The van der Waals surface area contributed by atoms with Gasteiger partial charge in [-0.3, -0.25) is 0 Å². The molecule has 3 N–H and O–H groups in total. The molecular weight excluding hydrogens is 198 g/mol. The second-order valence-corrected chi connectivity index (χ2v) is 4.82. The fourth-order valence-electron chi connectivity index (χ4n) is 1.33. The number of benzene rings is 1. The monoisotopic (exact) mass is 217 g/mol. The van der Waals surface area contributed by atoms with Gasteiger partial charge in [0.15, 0.2) is 0 Å². The van der Waals surface area contributed by atoms with Crippen LogP contribution in [0.1, 0.15) is 38.3 Å². The average Bonchev–Trinajstić information content (AvgIpc) is 2.19. The molecule has 0 radical (unpaired) electrons. The molecule has 0 aromatic heterocycles. The van der Waals surface area contributed by atoms with Crippen LogP contribution in [0.25, 0.3) is 0 Å². The highest BCUT2D eigenvalue weighted by molar-refractivity contribution is 5.48. The van der Waals surface area contributed by atoms with Crippen LogP contribution in [0.3, 0.4) is 0 Å². The third-order valence-corrected chi connectivity index (χ3v) is 2.35. The van der Waals surface area contributed by atoms with Gasteiger partial charge in [-0.1, -0.05) is 38.7 Å². The van der Waals surface area contributed by atoms with E-state index in [0.717, 1.165) is 0 Å². The van der Waals surface area contributed by atoms with Crippen LogP contribution in [0.5, 0.6) is 5.75 Å². The Bertz CT molecular complexity index is 419. The number of nitrogens with two attached hydrogens (primary N) is 1. The summed E-state index contributed by atoms with van der Waals surface area (Å²) in [6.45, 7) is 6.95. The van der Waals surface area contributed by atoms with Crippen molar-refractivity contribution in [2.45, 2.75) is 32.6 Å². The van der Waals surface area contributed by atoms with E-state index in [1.165, 1.54) is 5.56 Å². The second-order valence-electron chi connectivity index (χ2n) is 4.82. The van der Waals surface area contributed by atoms with Gasteiger partial charge < -0.3 is 10.8 Å². The van der Waals surface area contributed by atoms with Crippen LogP contribution in [-0.4, -0.2) is 11.7 Å². The first-order chi connectivity index (χ1) is 7.45. The quantitative estimate of drug-likeness (QED) is 0.709. The van der Waals surface area contributed by atoms with Crippen molar-refractivity contribution in [2.75, 3.05) is 6.54 Å². The normalized spacial score (nSPS) is 10.8. The highest BCUT2D eigenvalue weighted by Gasteiger charge is 2.14. The van der Waals surface area contributed by atoms with Gasteiger partial charge >= 0.3 is 0 Å². The van der Waals surface area contributed by atoms with E-state index >= 15 is 0 Å². The van der Waals surface area contributed by atoms with Crippen molar-refractivity contribution in [1.82, 2.24) is 0 Å². The van der Waals surface area contributed by atoms with Crippen LogP contribution < -0.4 is 5.73 Å². The number of phenolic OH excluding ortho intramolecular Hbond substituents is 1. The van der Waals surface area contributed by atoms with Gasteiger partial charge in [0.05, 0.1) is 5.56 Å². The minimum atomic E-state index is 0.0675. The van der Waals surface area contributed by atoms with Crippen molar-refractivity contribution >= 4 is 0 Å². The molecule has 0 unspecified atom stereocenters. The smallest absolute Gasteiger partial charge is 0.131 e. The number of rotatable bonds is 1. The van der Waals surface area contributed by atoms with Crippen LogP contribution in [0.15, 0.2) is 18.2 Å². The molecule has 0 aliphatic carbocycles. The van der Waals surface area contributed by atoms with E-state index in [1.807, 2.05) is 12.1 Å². The van der Waals surface area contributed by atoms with Crippen molar-refractivity contribution in [3.63, 3.8) is 0 Å². The maximum Gasteiger partial charge on any atom is 0.131 e. The molecule has 2 heteroatoms. The number of hydrogen-bond donors (Lipinski definition) is 2. The molecule has 0 aliphatic heterocycles. The van der Waals surface area contributed by atoms with Crippen LogP contribution in [-0.2, 0) is 5.41 Å². The highest BCUT2D eigenvalue weighted by Crippen LogP contribution is 2.26. The summed E-state index contributed by atoms with van der Waals surface area (Å²) in [4.78, 5) is 0. The Morgan fingerprint density at radius 2 is 2.00 bits per heavy atom. The van der Waals surface area contributed by atoms with Crippen molar-refractivity contribution in [1.29, 1.82) is 0 Å². The van der Waals surface area contributed by atoms with Gasteiger partial charge in [-0.15, -0.1) is 0 Å².